The van der Waals surface area contributed by atoms with E-state index in [4.69, 9.17) is 9.47 Å². The van der Waals surface area contributed by atoms with E-state index >= 15 is 0 Å². The van der Waals surface area contributed by atoms with Gasteiger partial charge in [-0.25, -0.2) is 0 Å². The Morgan fingerprint density at radius 3 is 2.00 bits per heavy atom. The lowest BCUT2D eigenvalue weighted by atomic mass is 9.99. The zero-order chi connectivity index (χ0) is 23.1. The van der Waals surface area contributed by atoms with Crippen LogP contribution in [0.4, 0.5) is 0 Å². The molecular formula is C29H49NO2. The molecule has 182 valence electrons. The normalized spacial score (nSPS) is 21.0. The van der Waals surface area contributed by atoms with Crippen molar-refractivity contribution < 1.29 is 9.47 Å². The molecule has 0 saturated carbocycles. The highest BCUT2D eigenvalue weighted by Gasteiger charge is 2.43. The van der Waals surface area contributed by atoms with Gasteiger partial charge in [-0.05, 0) is 25.8 Å². The molecule has 3 atom stereocenters. The maximum Gasteiger partial charge on any atom is 0.163 e. The largest absolute Gasteiger partial charge is 0.345 e. The Morgan fingerprint density at radius 2 is 1.44 bits per heavy atom. The van der Waals surface area contributed by atoms with E-state index in [9.17, 15) is 0 Å². The predicted octanol–water partition coefficient (Wildman–Crippen LogP) is 7.94. The van der Waals surface area contributed by atoms with Crippen LogP contribution in [0.25, 0.3) is 0 Å². The molecule has 3 nitrogen and oxygen atoms in total. The van der Waals surface area contributed by atoms with Gasteiger partial charge in [0.2, 0.25) is 0 Å². The molecule has 1 aliphatic rings. The minimum atomic E-state index is -0.526. The van der Waals surface area contributed by atoms with Gasteiger partial charge in [0.25, 0.3) is 0 Å². The van der Waals surface area contributed by atoms with Gasteiger partial charge in [0.05, 0.1) is 12.1 Å². The molecule has 1 saturated heterocycles. The van der Waals surface area contributed by atoms with Gasteiger partial charge in [-0.15, -0.1) is 6.58 Å². The van der Waals surface area contributed by atoms with E-state index in [-0.39, 0.29) is 18.2 Å². The number of benzene rings is 1. The van der Waals surface area contributed by atoms with E-state index in [0.29, 0.717) is 0 Å². The van der Waals surface area contributed by atoms with Crippen LogP contribution in [0, 0.1) is 0 Å². The first-order chi connectivity index (χ1) is 15.6. The minimum absolute atomic E-state index is 0.0129. The van der Waals surface area contributed by atoms with Gasteiger partial charge in [-0.1, -0.05) is 120 Å². The average molecular weight is 444 g/mol. The van der Waals surface area contributed by atoms with Crippen LogP contribution < -0.4 is 5.32 Å². The number of hydrogen-bond acceptors (Lipinski definition) is 3. The Labute approximate surface area is 198 Å². The van der Waals surface area contributed by atoms with Gasteiger partial charge < -0.3 is 14.8 Å². The van der Waals surface area contributed by atoms with Crippen molar-refractivity contribution in [2.75, 3.05) is 0 Å². The highest BCUT2D eigenvalue weighted by Crippen LogP contribution is 2.33. The third-order valence-electron chi connectivity index (χ3n) is 6.56. The molecule has 0 amide bonds. The standard InChI is InChI=1S/C29H49NO2/c1-5-7-8-9-10-11-12-13-14-15-16-20-23-27-28(32-29(3,4)31-27)26(6-2)30-24-25-21-18-17-19-22-25/h6,17-19,21-22,26-28,30H,2,5,7-16,20,23-24H2,1,3-4H3/t26-,27-,28-/m0/s1. The van der Waals surface area contributed by atoms with Crippen molar-refractivity contribution in [1.82, 2.24) is 5.32 Å². The topological polar surface area (TPSA) is 30.5 Å². The second-order valence-corrected chi connectivity index (χ2v) is 9.94. The first-order valence-corrected chi connectivity index (χ1v) is 13.3. The molecule has 1 aromatic rings. The molecule has 0 aromatic heterocycles. The molecule has 1 aromatic carbocycles. The lowest BCUT2D eigenvalue weighted by Crippen LogP contribution is -2.43. The summed E-state index contributed by atoms with van der Waals surface area (Å²) in [6.45, 7) is 11.2. The Balaban J connectivity index is 1.63. The summed E-state index contributed by atoms with van der Waals surface area (Å²) in [5.41, 5.74) is 1.27. The van der Waals surface area contributed by atoms with E-state index in [0.717, 1.165) is 13.0 Å². The molecule has 0 unspecified atom stereocenters. The fraction of sp³-hybridized carbons (Fsp3) is 0.724. The van der Waals surface area contributed by atoms with Gasteiger partial charge in [0.15, 0.2) is 5.79 Å². The quantitative estimate of drug-likeness (QED) is 0.184. The maximum atomic E-state index is 6.30. The predicted molar refractivity (Wildman–Crippen MR) is 137 cm³/mol. The van der Waals surface area contributed by atoms with E-state index in [1.54, 1.807) is 0 Å². The van der Waals surface area contributed by atoms with Crippen molar-refractivity contribution in [2.45, 2.75) is 135 Å². The minimum Gasteiger partial charge on any atom is -0.345 e. The van der Waals surface area contributed by atoms with Crippen LogP contribution in [0.2, 0.25) is 0 Å². The van der Waals surface area contributed by atoms with Crippen LogP contribution in [-0.2, 0) is 16.0 Å². The summed E-state index contributed by atoms with van der Waals surface area (Å²) in [5.74, 6) is -0.526. The van der Waals surface area contributed by atoms with E-state index in [1.807, 2.05) is 19.9 Å². The van der Waals surface area contributed by atoms with Gasteiger partial charge >= 0.3 is 0 Å². The monoisotopic (exact) mass is 443 g/mol. The molecule has 3 heteroatoms. The van der Waals surface area contributed by atoms with Gasteiger partial charge in [-0.2, -0.15) is 0 Å². The molecular weight excluding hydrogens is 394 g/mol. The zero-order valence-electron chi connectivity index (χ0n) is 21.1. The van der Waals surface area contributed by atoms with Crippen LogP contribution >= 0.6 is 0 Å². The lowest BCUT2D eigenvalue weighted by Gasteiger charge is -2.25. The molecule has 0 bridgehead atoms. The number of rotatable bonds is 18. The third-order valence-corrected chi connectivity index (χ3v) is 6.56. The summed E-state index contributed by atoms with van der Waals surface area (Å²) in [5, 5.41) is 3.62. The van der Waals surface area contributed by atoms with Crippen molar-refractivity contribution in [1.29, 1.82) is 0 Å². The maximum absolute atomic E-state index is 6.30. The fourth-order valence-electron chi connectivity index (χ4n) is 4.74. The van der Waals surface area contributed by atoms with Crippen molar-refractivity contribution in [3.05, 3.63) is 48.6 Å². The SMILES string of the molecule is C=C[C@H](NCc1ccccc1)[C@@H]1OC(C)(C)O[C@H]1CCCCCCCCCCCCCC. The summed E-state index contributed by atoms with van der Waals surface area (Å²) < 4.78 is 12.6. The summed E-state index contributed by atoms with van der Waals surface area (Å²) in [7, 11) is 0. The van der Waals surface area contributed by atoms with Crippen LogP contribution in [-0.4, -0.2) is 24.0 Å². The summed E-state index contributed by atoms with van der Waals surface area (Å²) in [6, 6.07) is 10.6. The Hall–Kier alpha value is -1.16. The average Bonchev–Trinajstić information content (AvgIpc) is 3.10. The number of nitrogens with one attached hydrogen (secondary N) is 1. The number of unbranched alkanes of at least 4 members (excludes halogenated alkanes) is 11. The molecule has 1 N–H and O–H groups in total. The second-order valence-electron chi connectivity index (χ2n) is 9.94. The molecule has 1 heterocycles. The van der Waals surface area contributed by atoms with Crippen LogP contribution in [0.1, 0.15) is 110 Å². The van der Waals surface area contributed by atoms with Gasteiger partial charge in [-0.3, -0.25) is 0 Å². The summed E-state index contributed by atoms with van der Waals surface area (Å²) in [6.07, 6.45) is 19.7. The van der Waals surface area contributed by atoms with E-state index in [1.165, 1.54) is 82.6 Å². The van der Waals surface area contributed by atoms with Crippen molar-refractivity contribution in [3.8, 4) is 0 Å². The number of hydrogen-bond donors (Lipinski definition) is 1. The van der Waals surface area contributed by atoms with Crippen LogP contribution in [0.3, 0.4) is 0 Å². The van der Waals surface area contributed by atoms with Crippen molar-refractivity contribution in [3.63, 3.8) is 0 Å². The molecule has 2 rings (SSSR count). The molecule has 0 aliphatic carbocycles. The van der Waals surface area contributed by atoms with Crippen LogP contribution in [0.5, 0.6) is 0 Å². The Morgan fingerprint density at radius 1 is 0.875 bits per heavy atom. The highest BCUT2D eigenvalue weighted by molar-refractivity contribution is 5.15. The van der Waals surface area contributed by atoms with E-state index < -0.39 is 5.79 Å². The number of ether oxygens (including phenoxy) is 2. The van der Waals surface area contributed by atoms with E-state index in [2.05, 4.69) is 49.2 Å². The van der Waals surface area contributed by atoms with Gasteiger partial charge in [0, 0.05) is 6.54 Å². The second kappa shape index (κ2) is 15.6. The first kappa shape index (κ1) is 27.1. The molecule has 1 fully saturated rings. The van der Waals surface area contributed by atoms with Crippen molar-refractivity contribution >= 4 is 0 Å². The smallest absolute Gasteiger partial charge is 0.163 e. The lowest BCUT2D eigenvalue weighted by molar-refractivity contribution is -0.148. The Bertz CT molecular complexity index is 600. The fourth-order valence-corrected chi connectivity index (χ4v) is 4.74. The summed E-state index contributed by atoms with van der Waals surface area (Å²) >= 11 is 0. The van der Waals surface area contributed by atoms with Gasteiger partial charge in [0.1, 0.15) is 6.10 Å². The molecule has 0 radical (unpaired) electrons. The first-order valence-electron chi connectivity index (χ1n) is 13.3. The summed E-state index contributed by atoms with van der Waals surface area (Å²) in [4.78, 5) is 0. The Kier molecular flexibility index (Phi) is 13.2. The van der Waals surface area contributed by atoms with Crippen LogP contribution in [0.15, 0.2) is 43.0 Å². The molecule has 32 heavy (non-hydrogen) atoms. The molecule has 1 aliphatic heterocycles. The zero-order valence-corrected chi connectivity index (χ0v) is 21.1. The van der Waals surface area contributed by atoms with Crippen molar-refractivity contribution in [2.24, 2.45) is 0 Å². The molecule has 0 spiro atoms. The highest BCUT2D eigenvalue weighted by atomic mass is 16.8. The third kappa shape index (κ3) is 10.6.